The summed E-state index contributed by atoms with van der Waals surface area (Å²) < 4.78 is 0. The molecule has 2 N–H and O–H groups in total. The Morgan fingerprint density at radius 3 is 2.50 bits per heavy atom. The third-order valence-corrected chi connectivity index (χ3v) is 3.25. The van der Waals surface area contributed by atoms with E-state index in [1.54, 1.807) is 6.33 Å². The monoisotopic (exact) mass is 243 g/mol. The molecule has 0 saturated heterocycles. The Bertz CT molecular complexity index is 473. The maximum absolute atomic E-state index is 4.32. The van der Waals surface area contributed by atoms with Crippen molar-refractivity contribution >= 4 is 0 Å². The van der Waals surface area contributed by atoms with Crippen molar-refractivity contribution in [1.29, 1.82) is 0 Å². The lowest BCUT2D eigenvalue weighted by Crippen LogP contribution is -2.25. The lowest BCUT2D eigenvalue weighted by Gasteiger charge is -2.22. The minimum atomic E-state index is 0.363. The number of aromatic nitrogens is 2. The molecule has 0 amide bonds. The number of nitrogens with zero attached hydrogens (tertiary/aromatic N) is 1. The lowest BCUT2D eigenvalue weighted by atomic mass is 9.96. The summed E-state index contributed by atoms with van der Waals surface area (Å²) in [6.45, 7) is 7.33. The van der Waals surface area contributed by atoms with Gasteiger partial charge in [0, 0.05) is 18.3 Å². The van der Waals surface area contributed by atoms with Crippen molar-refractivity contribution in [2.75, 3.05) is 0 Å². The Morgan fingerprint density at radius 2 is 1.94 bits per heavy atom. The number of H-pyrrole nitrogens is 1. The lowest BCUT2D eigenvalue weighted by molar-refractivity contribution is 0.408. The van der Waals surface area contributed by atoms with Crippen molar-refractivity contribution in [3.05, 3.63) is 53.6 Å². The largest absolute Gasteiger partial charge is 0.348 e. The molecule has 0 aliphatic rings. The molecule has 18 heavy (non-hydrogen) atoms. The number of rotatable bonds is 5. The van der Waals surface area contributed by atoms with Crippen molar-refractivity contribution in [1.82, 2.24) is 15.3 Å². The van der Waals surface area contributed by atoms with E-state index in [1.807, 2.05) is 0 Å². The Hall–Kier alpha value is -1.61. The van der Waals surface area contributed by atoms with Crippen LogP contribution in [0.5, 0.6) is 0 Å². The fourth-order valence-electron chi connectivity index (χ4n) is 2.17. The summed E-state index contributed by atoms with van der Waals surface area (Å²) in [4.78, 5) is 7.43. The number of aryl methyl sites for hydroxylation is 1. The van der Waals surface area contributed by atoms with Crippen LogP contribution in [0.3, 0.4) is 0 Å². The highest BCUT2D eigenvalue weighted by molar-refractivity contribution is 5.20. The average Bonchev–Trinajstić information content (AvgIpc) is 2.76. The first-order valence-electron chi connectivity index (χ1n) is 6.45. The summed E-state index contributed by atoms with van der Waals surface area (Å²) in [6, 6.07) is 10.9. The van der Waals surface area contributed by atoms with Crippen LogP contribution in [0.1, 0.15) is 36.8 Å². The Labute approximate surface area is 109 Å². The quantitative estimate of drug-likeness (QED) is 0.846. The van der Waals surface area contributed by atoms with Crippen LogP contribution in [0.2, 0.25) is 0 Å². The summed E-state index contributed by atoms with van der Waals surface area (Å²) in [5.74, 6) is 0.548. The topological polar surface area (TPSA) is 40.7 Å². The van der Waals surface area contributed by atoms with Gasteiger partial charge < -0.3 is 10.3 Å². The minimum absolute atomic E-state index is 0.363. The van der Waals surface area contributed by atoms with E-state index in [-0.39, 0.29) is 0 Å². The van der Waals surface area contributed by atoms with E-state index < -0.39 is 0 Å². The van der Waals surface area contributed by atoms with Crippen molar-refractivity contribution in [3.63, 3.8) is 0 Å². The highest BCUT2D eigenvalue weighted by Gasteiger charge is 2.15. The van der Waals surface area contributed by atoms with Crippen LogP contribution in [0.4, 0.5) is 0 Å². The molecule has 0 spiro atoms. The van der Waals surface area contributed by atoms with Crippen LogP contribution in [0, 0.1) is 12.8 Å². The van der Waals surface area contributed by atoms with E-state index in [0.717, 1.165) is 17.9 Å². The van der Waals surface area contributed by atoms with Gasteiger partial charge in [0.25, 0.3) is 0 Å². The van der Waals surface area contributed by atoms with Crippen LogP contribution in [-0.4, -0.2) is 9.97 Å². The number of aromatic amines is 1. The van der Waals surface area contributed by atoms with Crippen molar-refractivity contribution in [2.24, 2.45) is 5.92 Å². The van der Waals surface area contributed by atoms with Gasteiger partial charge in [-0.05, 0) is 18.4 Å². The smallest absolute Gasteiger partial charge is 0.0925 e. The van der Waals surface area contributed by atoms with Crippen molar-refractivity contribution < 1.29 is 0 Å². The zero-order chi connectivity index (χ0) is 13.0. The van der Waals surface area contributed by atoms with Gasteiger partial charge in [0.05, 0.1) is 12.0 Å². The normalized spacial score (nSPS) is 12.9. The average molecular weight is 243 g/mol. The molecule has 1 aromatic carbocycles. The van der Waals surface area contributed by atoms with Gasteiger partial charge in [0.2, 0.25) is 0 Å². The third kappa shape index (κ3) is 2.99. The number of imidazole rings is 1. The van der Waals surface area contributed by atoms with Gasteiger partial charge in [-0.25, -0.2) is 4.98 Å². The van der Waals surface area contributed by atoms with Gasteiger partial charge in [-0.2, -0.15) is 0 Å². The number of hydrogen-bond acceptors (Lipinski definition) is 2. The van der Waals surface area contributed by atoms with E-state index in [4.69, 9.17) is 0 Å². The summed E-state index contributed by atoms with van der Waals surface area (Å²) in [5.41, 5.74) is 3.57. The first-order valence-corrected chi connectivity index (χ1v) is 6.45. The summed E-state index contributed by atoms with van der Waals surface area (Å²) in [7, 11) is 0. The van der Waals surface area contributed by atoms with Crippen molar-refractivity contribution in [3.8, 4) is 0 Å². The Balaban J connectivity index is 2.06. The standard InChI is InChI=1S/C15H21N3/c1-11(2)15(13-7-5-4-6-8-13)16-9-14-12(3)17-10-18-14/h4-8,10-11,15-16H,9H2,1-3H3,(H,17,18). The predicted octanol–water partition coefficient (Wildman–Crippen LogP) is 3.21. The van der Waals surface area contributed by atoms with Crippen LogP contribution in [0.15, 0.2) is 36.7 Å². The fourth-order valence-corrected chi connectivity index (χ4v) is 2.17. The number of benzene rings is 1. The van der Waals surface area contributed by atoms with E-state index in [0.29, 0.717) is 12.0 Å². The van der Waals surface area contributed by atoms with E-state index in [9.17, 15) is 0 Å². The molecule has 0 saturated carbocycles. The molecule has 2 rings (SSSR count). The zero-order valence-corrected chi connectivity index (χ0v) is 11.3. The second-order valence-corrected chi connectivity index (χ2v) is 4.99. The number of nitrogens with one attached hydrogen (secondary N) is 2. The molecular formula is C15H21N3. The minimum Gasteiger partial charge on any atom is -0.348 e. The Morgan fingerprint density at radius 1 is 1.22 bits per heavy atom. The molecule has 1 aromatic heterocycles. The molecule has 3 heteroatoms. The molecule has 1 atom stereocenters. The first kappa shape index (κ1) is 12.8. The van der Waals surface area contributed by atoms with Gasteiger partial charge in [0.15, 0.2) is 0 Å². The molecule has 0 aliphatic carbocycles. The zero-order valence-electron chi connectivity index (χ0n) is 11.3. The molecular weight excluding hydrogens is 222 g/mol. The molecule has 96 valence electrons. The third-order valence-electron chi connectivity index (χ3n) is 3.25. The molecule has 3 nitrogen and oxygen atoms in total. The van der Waals surface area contributed by atoms with E-state index in [2.05, 4.69) is 66.4 Å². The molecule has 0 fully saturated rings. The summed E-state index contributed by atoms with van der Waals surface area (Å²) in [6.07, 6.45) is 1.75. The van der Waals surface area contributed by atoms with Crippen LogP contribution < -0.4 is 5.32 Å². The van der Waals surface area contributed by atoms with Gasteiger partial charge in [0.1, 0.15) is 0 Å². The second-order valence-electron chi connectivity index (χ2n) is 4.99. The molecule has 1 heterocycles. The van der Waals surface area contributed by atoms with E-state index in [1.165, 1.54) is 5.56 Å². The first-order chi connectivity index (χ1) is 8.68. The van der Waals surface area contributed by atoms with Crippen LogP contribution in [0.25, 0.3) is 0 Å². The van der Waals surface area contributed by atoms with Gasteiger partial charge in [-0.1, -0.05) is 44.2 Å². The van der Waals surface area contributed by atoms with Crippen molar-refractivity contribution in [2.45, 2.75) is 33.4 Å². The van der Waals surface area contributed by atoms with Gasteiger partial charge in [-0.15, -0.1) is 0 Å². The molecule has 2 aromatic rings. The maximum atomic E-state index is 4.32. The fraction of sp³-hybridized carbons (Fsp3) is 0.400. The molecule has 1 unspecified atom stereocenters. The summed E-state index contributed by atoms with van der Waals surface area (Å²) in [5, 5.41) is 3.60. The van der Waals surface area contributed by atoms with Crippen LogP contribution in [-0.2, 0) is 6.54 Å². The second kappa shape index (κ2) is 5.83. The van der Waals surface area contributed by atoms with E-state index >= 15 is 0 Å². The maximum Gasteiger partial charge on any atom is 0.0925 e. The molecule has 0 bridgehead atoms. The van der Waals surface area contributed by atoms with Gasteiger partial charge in [-0.3, -0.25) is 0 Å². The predicted molar refractivity (Wildman–Crippen MR) is 74.2 cm³/mol. The molecule has 0 aliphatic heterocycles. The summed E-state index contributed by atoms with van der Waals surface area (Å²) >= 11 is 0. The van der Waals surface area contributed by atoms with Gasteiger partial charge >= 0.3 is 0 Å². The number of hydrogen-bond donors (Lipinski definition) is 2. The highest BCUT2D eigenvalue weighted by Crippen LogP contribution is 2.21. The highest BCUT2D eigenvalue weighted by atomic mass is 15.0. The molecule has 0 radical (unpaired) electrons. The van der Waals surface area contributed by atoms with Crippen LogP contribution >= 0.6 is 0 Å². The Kier molecular flexibility index (Phi) is 4.15. The SMILES string of the molecule is Cc1[nH]cnc1CNC(c1ccccc1)C(C)C.